The van der Waals surface area contributed by atoms with Gasteiger partial charge in [-0.25, -0.2) is 0 Å². The van der Waals surface area contributed by atoms with Crippen molar-refractivity contribution in [3.05, 3.63) is 25.3 Å². The van der Waals surface area contributed by atoms with Crippen LogP contribution in [0.15, 0.2) is 25.3 Å². The Labute approximate surface area is 68.9 Å². The van der Waals surface area contributed by atoms with Gasteiger partial charge in [-0.2, -0.15) is 0 Å². The Morgan fingerprint density at radius 3 is 1.50 bits per heavy atom. The molecule has 32 valence electrons. The van der Waals surface area contributed by atoms with Gasteiger partial charge in [0.2, 0.25) is 0 Å². The van der Waals surface area contributed by atoms with Crippen LogP contribution in [-0.4, -0.2) is 37.7 Å². The minimum absolute atomic E-state index is 0. The van der Waals surface area contributed by atoms with Crippen molar-refractivity contribution in [1.29, 1.82) is 0 Å². The van der Waals surface area contributed by atoms with Gasteiger partial charge in [0.15, 0.2) is 0 Å². The zero-order valence-electron chi connectivity index (χ0n) is 3.28. The first-order valence-electron chi connectivity index (χ1n) is 1.63. The van der Waals surface area contributed by atoms with Gasteiger partial charge in [0.05, 0.1) is 0 Å². The predicted molar refractivity (Wildman–Crippen MR) is 33.6 cm³/mol. The third kappa shape index (κ3) is 8.83. The first-order chi connectivity index (χ1) is 2.41. The number of hydrogen-bond acceptors (Lipinski definition) is 0. The summed E-state index contributed by atoms with van der Waals surface area (Å²) in [7, 11) is 0. The fourth-order valence-electron chi connectivity index (χ4n) is 0.118. The van der Waals surface area contributed by atoms with Gasteiger partial charge in [-0.1, -0.05) is 12.2 Å². The molecule has 0 aromatic rings. The van der Waals surface area contributed by atoms with Crippen LogP contribution in [0.25, 0.3) is 0 Å². The Balaban J connectivity index is 0. The molecule has 0 saturated carbocycles. The SMILES string of the molecule is C=CCC=C.[CaH2]. The second-order valence-corrected chi connectivity index (χ2v) is 0.813. The molecule has 6 heavy (non-hydrogen) atoms. The molecule has 0 spiro atoms. The van der Waals surface area contributed by atoms with Gasteiger partial charge in [0.25, 0.3) is 0 Å². The predicted octanol–water partition coefficient (Wildman–Crippen LogP) is 0.832. The molecule has 1 heteroatoms. The van der Waals surface area contributed by atoms with Crippen molar-refractivity contribution in [2.75, 3.05) is 0 Å². The molecule has 0 saturated heterocycles. The Morgan fingerprint density at radius 2 is 1.50 bits per heavy atom. The summed E-state index contributed by atoms with van der Waals surface area (Å²) >= 11 is 0. The van der Waals surface area contributed by atoms with Crippen molar-refractivity contribution in [2.24, 2.45) is 0 Å². The molecule has 0 aliphatic rings. The molecule has 0 unspecified atom stereocenters. The normalized spacial score (nSPS) is 5.33. The van der Waals surface area contributed by atoms with Crippen molar-refractivity contribution in [3.63, 3.8) is 0 Å². The number of hydrogen-bond donors (Lipinski definition) is 0. The zero-order chi connectivity index (χ0) is 4.12. The Kier molecular flexibility index (Phi) is 15.2. The Hall–Kier alpha value is 0.740. The van der Waals surface area contributed by atoms with E-state index in [4.69, 9.17) is 0 Å². The monoisotopic (exact) mass is 110 g/mol. The first-order valence-corrected chi connectivity index (χ1v) is 1.63. The molecule has 0 atom stereocenters. The Bertz CT molecular complexity index is 33.2. The van der Waals surface area contributed by atoms with Crippen molar-refractivity contribution in [1.82, 2.24) is 0 Å². The second-order valence-electron chi connectivity index (χ2n) is 0.813. The van der Waals surface area contributed by atoms with E-state index < -0.39 is 0 Å². The van der Waals surface area contributed by atoms with Gasteiger partial charge in [0.1, 0.15) is 0 Å². The molecule has 0 bridgehead atoms. The van der Waals surface area contributed by atoms with Crippen molar-refractivity contribution in [3.8, 4) is 0 Å². The van der Waals surface area contributed by atoms with Crippen LogP contribution in [0.1, 0.15) is 6.42 Å². The summed E-state index contributed by atoms with van der Waals surface area (Å²) in [5.41, 5.74) is 0. The molecule has 0 radical (unpaired) electrons. The summed E-state index contributed by atoms with van der Waals surface area (Å²) in [6.45, 7) is 6.96. The van der Waals surface area contributed by atoms with Crippen LogP contribution in [0.5, 0.6) is 0 Å². The summed E-state index contributed by atoms with van der Waals surface area (Å²) < 4.78 is 0. The standard InChI is InChI=1S/C5H8.Ca.2H/c1-3-5-4-2;;;/h3-4H,1-2,5H2;;;. The van der Waals surface area contributed by atoms with E-state index in [1.54, 1.807) is 0 Å². The summed E-state index contributed by atoms with van der Waals surface area (Å²) in [6, 6.07) is 0. The van der Waals surface area contributed by atoms with Gasteiger partial charge in [-0.3, -0.25) is 0 Å². The molecule has 0 aliphatic carbocycles. The molecular formula is C5H10Ca. The third-order valence-electron chi connectivity index (χ3n) is 0.333. The zero-order valence-corrected chi connectivity index (χ0v) is 3.28. The van der Waals surface area contributed by atoms with E-state index >= 15 is 0 Å². The molecule has 0 heterocycles. The van der Waals surface area contributed by atoms with E-state index in [-0.39, 0.29) is 37.7 Å². The van der Waals surface area contributed by atoms with Gasteiger partial charge < -0.3 is 0 Å². The maximum atomic E-state index is 3.48. The van der Waals surface area contributed by atoms with E-state index in [0.29, 0.717) is 0 Å². The van der Waals surface area contributed by atoms with E-state index in [9.17, 15) is 0 Å². The summed E-state index contributed by atoms with van der Waals surface area (Å²) in [6.07, 6.45) is 4.54. The second kappa shape index (κ2) is 9.22. The maximum absolute atomic E-state index is 3.48. The fraction of sp³-hybridized carbons (Fsp3) is 0.200. The molecule has 0 aromatic heterocycles. The summed E-state index contributed by atoms with van der Waals surface area (Å²) in [5, 5.41) is 0. The van der Waals surface area contributed by atoms with Crippen LogP contribution in [-0.2, 0) is 0 Å². The van der Waals surface area contributed by atoms with Crippen LogP contribution in [0.3, 0.4) is 0 Å². The summed E-state index contributed by atoms with van der Waals surface area (Å²) in [4.78, 5) is 0. The molecule has 0 amide bonds. The molecule has 0 nitrogen and oxygen atoms in total. The van der Waals surface area contributed by atoms with Crippen LogP contribution >= 0.6 is 0 Å². The minimum atomic E-state index is 0. The van der Waals surface area contributed by atoms with Crippen LogP contribution in [0, 0.1) is 0 Å². The van der Waals surface area contributed by atoms with Crippen LogP contribution in [0.4, 0.5) is 0 Å². The van der Waals surface area contributed by atoms with Crippen LogP contribution in [0.2, 0.25) is 0 Å². The Morgan fingerprint density at radius 1 is 1.17 bits per heavy atom. The average molecular weight is 110 g/mol. The quantitative estimate of drug-likeness (QED) is 0.365. The van der Waals surface area contributed by atoms with Crippen molar-refractivity contribution >= 4 is 37.7 Å². The summed E-state index contributed by atoms with van der Waals surface area (Å²) in [5.74, 6) is 0. The molecule has 0 rings (SSSR count). The van der Waals surface area contributed by atoms with Gasteiger partial charge >= 0.3 is 37.7 Å². The van der Waals surface area contributed by atoms with E-state index in [1.165, 1.54) is 0 Å². The van der Waals surface area contributed by atoms with Gasteiger partial charge in [-0.15, -0.1) is 13.2 Å². The van der Waals surface area contributed by atoms with E-state index in [2.05, 4.69) is 13.2 Å². The van der Waals surface area contributed by atoms with Crippen molar-refractivity contribution in [2.45, 2.75) is 6.42 Å². The van der Waals surface area contributed by atoms with Crippen LogP contribution < -0.4 is 0 Å². The fourth-order valence-corrected chi connectivity index (χ4v) is 0.118. The molecule has 0 aromatic carbocycles. The molecular weight excluding hydrogens is 100 g/mol. The molecule has 0 N–H and O–H groups in total. The van der Waals surface area contributed by atoms with E-state index in [0.717, 1.165) is 6.42 Å². The first kappa shape index (κ1) is 9.88. The topological polar surface area (TPSA) is 0 Å². The van der Waals surface area contributed by atoms with Gasteiger partial charge in [0, 0.05) is 0 Å². The van der Waals surface area contributed by atoms with Crippen molar-refractivity contribution < 1.29 is 0 Å². The number of allylic oxidation sites excluding steroid dienone is 2. The number of rotatable bonds is 2. The average Bonchev–Trinajstić information content (AvgIpc) is 1.41. The third-order valence-corrected chi connectivity index (χ3v) is 0.333. The van der Waals surface area contributed by atoms with Gasteiger partial charge in [-0.05, 0) is 6.42 Å². The van der Waals surface area contributed by atoms with E-state index in [1.807, 2.05) is 12.2 Å². The molecule has 0 fully saturated rings. The molecule has 0 aliphatic heterocycles.